The number of aryl methyl sites for hydroxylation is 1. The summed E-state index contributed by atoms with van der Waals surface area (Å²) in [6, 6.07) is 10.8. The van der Waals surface area contributed by atoms with Crippen LogP contribution in [0.2, 0.25) is 0 Å². The minimum absolute atomic E-state index is 0.128. The van der Waals surface area contributed by atoms with Crippen molar-refractivity contribution in [2.75, 3.05) is 6.54 Å². The molecule has 1 aliphatic heterocycles. The summed E-state index contributed by atoms with van der Waals surface area (Å²) >= 11 is 0. The van der Waals surface area contributed by atoms with Gasteiger partial charge in [-0.05, 0) is 49.9 Å². The topological polar surface area (TPSA) is 61.0 Å². The molecule has 25 heavy (non-hydrogen) atoms. The van der Waals surface area contributed by atoms with Gasteiger partial charge < -0.3 is 5.32 Å². The number of amides is 1. The molecule has 1 unspecified atom stereocenters. The van der Waals surface area contributed by atoms with Crippen LogP contribution in [-0.2, 0) is 19.5 Å². The number of likely N-dealkylation sites (tertiary alicyclic amines) is 1. The van der Waals surface area contributed by atoms with Gasteiger partial charge in [-0.25, -0.2) is 0 Å². The molecule has 0 radical (unpaired) electrons. The summed E-state index contributed by atoms with van der Waals surface area (Å²) in [6.45, 7) is 7.00. The summed E-state index contributed by atoms with van der Waals surface area (Å²) in [7, 11) is 0. The van der Waals surface area contributed by atoms with E-state index in [-0.39, 0.29) is 5.91 Å². The fraction of sp³-hybridized carbons (Fsp3) is 0.500. The van der Waals surface area contributed by atoms with E-state index < -0.39 is 0 Å². The number of aromatic amines is 1. The molecule has 2 heterocycles. The first-order valence-corrected chi connectivity index (χ1v) is 9.30. The maximum Gasteiger partial charge on any atom is 0.272 e. The van der Waals surface area contributed by atoms with Crippen LogP contribution in [0.15, 0.2) is 30.3 Å². The Labute approximate surface area is 149 Å². The Balaban J connectivity index is 1.63. The number of hydrogen-bond acceptors (Lipinski definition) is 3. The third kappa shape index (κ3) is 4.48. The SMILES string of the molecule is CCc1cc(C(=O)NCc2ccccc2CN2CCCCC2C)n[nH]1. The molecule has 1 amide bonds. The molecule has 1 aromatic carbocycles. The summed E-state index contributed by atoms with van der Waals surface area (Å²) in [5, 5.41) is 9.97. The van der Waals surface area contributed by atoms with E-state index >= 15 is 0 Å². The summed E-state index contributed by atoms with van der Waals surface area (Å²) in [4.78, 5) is 14.8. The smallest absolute Gasteiger partial charge is 0.272 e. The van der Waals surface area contributed by atoms with Crippen LogP contribution in [0.3, 0.4) is 0 Å². The number of H-pyrrole nitrogens is 1. The van der Waals surface area contributed by atoms with E-state index in [0.29, 0.717) is 18.3 Å². The van der Waals surface area contributed by atoms with Crippen molar-refractivity contribution in [1.82, 2.24) is 20.4 Å². The maximum absolute atomic E-state index is 12.3. The van der Waals surface area contributed by atoms with Crippen molar-refractivity contribution in [3.05, 3.63) is 52.8 Å². The normalized spacial score (nSPS) is 18.2. The van der Waals surface area contributed by atoms with Crippen LogP contribution in [0.5, 0.6) is 0 Å². The number of carbonyl (C=O) groups is 1. The van der Waals surface area contributed by atoms with Gasteiger partial charge in [0.15, 0.2) is 0 Å². The van der Waals surface area contributed by atoms with Crippen molar-refractivity contribution >= 4 is 5.91 Å². The van der Waals surface area contributed by atoms with Gasteiger partial charge in [-0.2, -0.15) is 5.10 Å². The van der Waals surface area contributed by atoms with Gasteiger partial charge in [0, 0.05) is 24.8 Å². The highest BCUT2D eigenvalue weighted by atomic mass is 16.1. The summed E-state index contributed by atoms with van der Waals surface area (Å²) < 4.78 is 0. The van der Waals surface area contributed by atoms with Gasteiger partial charge in [-0.1, -0.05) is 37.6 Å². The molecule has 2 N–H and O–H groups in total. The molecule has 1 atom stereocenters. The van der Waals surface area contributed by atoms with E-state index in [1.807, 2.05) is 19.1 Å². The van der Waals surface area contributed by atoms with Crippen molar-refractivity contribution in [3.8, 4) is 0 Å². The Hall–Kier alpha value is -2.14. The van der Waals surface area contributed by atoms with Crippen LogP contribution >= 0.6 is 0 Å². The molecule has 1 saturated heterocycles. The molecule has 1 fully saturated rings. The lowest BCUT2D eigenvalue weighted by Crippen LogP contribution is -2.37. The Morgan fingerprint density at radius 3 is 2.84 bits per heavy atom. The Bertz CT molecular complexity index is 709. The second kappa shape index (κ2) is 8.30. The minimum atomic E-state index is -0.128. The first-order chi connectivity index (χ1) is 12.2. The number of nitrogens with zero attached hydrogens (tertiary/aromatic N) is 2. The van der Waals surface area contributed by atoms with E-state index in [0.717, 1.165) is 25.2 Å². The summed E-state index contributed by atoms with van der Waals surface area (Å²) in [6.07, 6.45) is 4.73. The largest absolute Gasteiger partial charge is 0.347 e. The van der Waals surface area contributed by atoms with E-state index in [4.69, 9.17) is 0 Å². The predicted molar refractivity (Wildman–Crippen MR) is 99.3 cm³/mol. The molecule has 1 aliphatic rings. The second-order valence-corrected chi connectivity index (χ2v) is 6.90. The zero-order chi connectivity index (χ0) is 17.6. The third-order valence-corrected chi connectivity index (χ3v) is 5.12. The molecular weight excluding hydrogens is 312 g/mol. The lowest BCUT2D eigenvalue weighted by molar-refractivity contribution is 0.0945. The van der Waals surface area contributed by atoms with Crippen molar-refractivity contribution in [3.63, 3.8) is 0 Å². The van der Waals surface area contributed by atoms with Gasteiger partial charge in [0.05, 0.1) is 0 Å². The monoisotopic (exact) mass is 340 g/mol. The van der Waals surface area contributed by atoms with Gasteiger partial charge in [-0.15, -0.1) is 0 Å². The van der Waals surface area contributed by atoms with Crippen LogP contribution in [0.1, 0.15) is 60.4 Å². The first kappa shape index (κ1) is 17.7. The van der Waals surface area contributed by atoms with E-state index in [1.54, 1.807) is 0 Å². The van der Waals surface area contributed by atoms with Gasteiger partial charge >= 0.3 is 0 Å². The van der Waals surface area contributed by atoms with Crippen molar-refractivity contribution in [2.24, 2.45) is 0 Å². The van der Waals surface area contributed by atoms with E-state index in [9.17, 15) is 4.79 Å². The lowest BCUT2D eigenvalue weighted by Gasteiger charge is -2.33. The second-order valence-electron chi connectivity index (χ2n) is 6.90. The number of rotatable bonds is 6. The highest BCUT2D eigenvalue weighted by Gasteiger charge is 2.19. The first-order valence-electron chi connectivity index (χ1n) is 9.30. The van der Waals surface area contributed by atoms with Crippen LogP contribution in [0.4, 0.5) is 0 Å². The third-order valence-electron chi connectivity index (χ3n) is 5.12. The predicted octanol–water partition coefficient (Wildman–Crippen LogP) is 3.28. The maximum atomic E-state index is 12.3. The van der Waals surface area contributed by atoms with Crippen LogP contribution in [-0.4, -0.2) is 33.6 Å². The van der Waals surface area contributed by atoms with Crippen molar-refractivity contribution in [1.29, 1.82) is 0 Å². The number of benzene rings is 1. The molecule has 5 heteroatoms. The Morgan fingerprint density at radius 2 is 2.12 bits per heavy atom. The molecule has 0 aliphatic carbocycles. The average Bonchev–Trinajstić information content (AvgIpc) is 3.12. The van der Waals surface area contributed by atoms with Gasteiger partial charge in [0.2, 0.25) is 0 Å². The van der Waals surface area contributed by atoms with E-state index in [2.05, 4.69) is 45.5 Å². The fourth-order valence-electron chi connectivity index (χ4n) is 3.42. The zero-order valence-electron chi connectivity index (χ0n) is 15.2. The Morgan fingerprint density at radius 1 is 1.32 bits per heavy atom. The molecule has 0 spiro atoms. The van der Waals surface area contributed by atoms with Crippen molar-refractivity contribution < 1.29 is 4.79 Å². The molecule has 0 saturated carbocycles. The van der Waals surface area contributed by atoms with Gasteiger partial charge in [0.25, 0.3) is 5.91 Å². The highest BCUT2D eigenvalue weighted by Crippen LogP contribution is 2.20. The molecule has 2 aromatic rings. The Kier molecular flexibility index (Phi) is 5.87. The van der Waals surface area contributed by atoms with Crippen molar-refractivity contribution in [2.45, 2.75) is 58.7 Å². The van der Waals surface area contributed by atoms with Crippen LogP contribution in [0.25, 0.3) is 0 Å². The molecule has 0 bridgehead atoms. The van der Waals surface area contributed by atoms with Crippen LogP contribution < -0.4 is 5.32 Å². The average molecular weight is 340 g/mol. The molecule has 1 aromatic heterocycles. The number of hydrogen-bond donors (Lipinski definition) is 2. The van der Waals surface area contributed by atoms with E-state index in [1.165, 1.54) is 30.4 Å². The lowest BCUT2D eigenvalue weighted by atomic mass is 10.0. The zero-order valence-corrected chi connectivity index (χ0v) is 15.2. The van der Waals surface area contributed by atoms with Crippen LogP contribution in [0, 0.1) is 0 Å². The molecule has 5 nitrogen and oxygen atoms in total. The number of aromatic nitrogens is 2. The quantitative estimate of drug-likeness (QED) is 0.848. The fourth-order valence-corrected chi connectivity index (χ4v) is 3.42. The summed E-state index contributed by atoms with van der Waals surface area (Å²) in [5.74, 6) is -0.128. The highest BCUT2D eigenvalue weighted by molar-refractivity contribution is 5.92. The van der Waals surface area contributed by atoms with Gasteiger partial charge in [0.1, 0.15) is 5.69 Å². The standard InChI is InChI=1S/C20H28N4O/c1-3-18-12-19(23-22-18)20(25)21-13-16-9-4-5-10-17(16)14-24-11-7-6-8-15(24)2/h4-5,9-10,12,15H,3,6-8,11,13-14H2,1-2H3,(H,21,25)(H,22,23). The summed E-state index contributed by atoms with van der Waals surface area (Å²) in [5.41, 5.74) is 3.91. The number of piperidine rings is 1. The number of nitrogens with one attached hydrogen (secondary N) is 2. The minimum Gasteiger partial charge on any atom is -0.347 e. The van der Waals surface area contributed by atoms with Gasteiger partial charge in [-0.3, -0.25) is 14.8 Å². The molecule has 134 valence electrons. The molecule has 3 rings (SSSR count). The molecular formula is C20H28N4O. The number of carbonyl (C=O) groups excluding carboxylic acids is 1.